The van der Waals surface area contributed by atoms with Crippen molar-refractivity contribution in [2.75, 3.05) is 11.9 Å². The summed E-state index contributed by atoms with van der Waals surface area (Å²) in [6.45, 7) is 3.44. The normalized spacial score (nSPS) is 12.4. The van der Waals surface area contributed by atoms with Crippen molar-refractivity contribution in [2.24, 2.45) is 5.92 Å². The molecule has 1 unspecified atom stereocenters. The van der Waals surface area contributed by atoms with Crippen molar-refractivity contribution in [3.8, 4) is 0 Å². The van der Waals surface area contributed by atoms with E-state index in [1.165, 1.54) is 35.1 Å². The second kappa shape index (κ2) is 8.73. The third-order valence-corrected chi connectivity index (χ3v) is 4.48. The number of nitrogens with zero attached hydrogens (tertiary/aromatic N) is 2. The van der Waals surface area contributed by atoms with Crippen LogP contribution in [0.3, 0.4) is 0 Å². The van der Waals surface area contributed by atoms with Crippen LogP contribution in [0.5, 0.6) is 0 Å². The van der Waals surface area contributed by atoms with E-state index in [-0.39, 0.29) is 40.1 Å². The molecule has 29 heavy (non-hydrogen) atoms. The molecule has 7 nitrogen and oxygen atoms in total. The number of nitrogens with one attached hydrogen (secondary N) is 2. The molecule has 0 saturated heterocycles. The maximum Gasteiger partial charge on any atom is 0.278 e. The molecule has 2 aromatic heterocycles. The van der Waals surface area contributed by atoms with Gasteiger partial charge in [-0.05, 0) is 24.1 Å². The second-order valence-electron chi connectivity index (χ2n) is 6.69. The van der Waals surface area contributed by atoms with E-state index in [9.17, 15) is 14.3 Å². The maximum absolute atomic E-state index is 15.0. The van der Waals surface area contributed by atoms with Gasteiger partial charge in [-0.1, -0.05) is 25.4 Å². The number of halogens is 3. The predicted octanol–water partition coefficient (Wildman–Crippen LogP) is 3.69. The Kier molecular flexibility index (Phi) is 6.31. The van der Waals surface area contributed by atoms with Gasteiger partial charge >= 0.3 is 0 Å². The molecule has 2 heterocycles. The van der Waals surface area contributed by atoms with E-state index in [2.05, 4.69) is 15.8 Å². The molecule has 0 bridgehead atoms. The lowest BCUT2D eigenvalue weighted by molar-refractivity contribution is -0.0268. The third kappa shape index (κ3) is 4.64. The minimum absolute atomic E-state index is 0.0467. The summed E-state index contributed by atoms with van der Waals surface area (Å²) in [5.74, 6) is -2.42. The van der Waals surface area contributed by atoms with Crippen molar-refractivity contribution < 1.29 is 23.5 Å². The first kappa shape index (κ1) is 21.0. The molecule has 1 aromatic carbocycles. The Morgan fingerprint density at radius 2 is 2.14 bits per heavy atom. The van der Waals surface area contributed by atoms with Gasteiger partial charge in [-0.15, -0.1) is 0 Å². The topological polar surface area (TPSA) is 87.9 Å². The van der Waals surface area contributed by atoms with E-state index in [1.807, 2.05) is 0 Å². The number of pyridine rings is 1. The first-order valence-corrected chi connectivity index (χ1v) is 9.13. The first-order valence-electron chi connectivity index (χ1n) is 8.75. The zero-order valence-corrected chi connectivity index (χ0v) is 16.4. The summed E-state index contributed by atoms with van der Waals surface area (Å²) >= 11 is 5.74. The Morgan fingerprint density at radius 3 is 2.83 bits per heavy atom. The molecule has 0 fully saturated rings. The van der Waals surface area contributed by atoms with Gasteiger partial charge in [0.25, 0.3) is 5.91 Å². The minimum Gasteiger partial charge on any atom is -0.390 e. The lowest BCUT2D eigenvalue weighted by Gasteiger charge is -2.17. The van der Waals surface area contributed by atoms with E-state index >= 15 is 4.39 Å². The zero-order valence-electron chi connectivity index (χ0n) is 15.6. The van der Waals surface area contributed by atoms with Crippen molar-refractivity contribution in [3.05, 3.63) is 59.0 Å². The van der Waals surface area contributed by atoms with Gasteiger partial charge in [0.05, 0.1) is 23.0 Å². The number of aliphatic hydroxyl groups is 1. The number of anilines is 2. The SMILES string of the molecule is CC(C)C(O)CONC(=O)c1cn2ccnc2c(F)c1Nc1ccc(Cl)cc1F. The highest BCUT2D eigenvalue weighted by Crippen LogP contribution is 2.29. The van der Waals surface area contributed by atoms with Crippen LogP contribution in [0, 0.1) is 17.6 Å². The number of hydrogen-bond acceptors (Lipinski definition) is 5. The Morgan fingerprint density at radius 1 is 1.38 bits per heavy atom. The highest BCUT2D eigenvalue weighted by atomic mass is 35.5. The van der Waals surface area contributed by atoms with Crippen LogP contribution in [0.25, 0.3) is 5.65 Å². The molecule has 0 aliphatic carbocycles. The predicted molar refractivity (Wildman–Crippen MR) is 104 cm³/mol. The fourth-order valence-electron chi connectivity index (χ4n) is 2.48. The zero-order chi connectivity index (χ0) is 21.1. The number of benzene rings is 1. The van der Waals surface area contributed by atoms with Gasteiger partial charge in [0.15, 0.2) is 11.5 Å². The summed E-state index contributed by atoms with van der Waals surface area (Å²) in [4.78, 5) is 21.5. The molecule has 10 heteroatoms. The first-order chi connectivity index (χ1) is 13.8. The summed E-state index contributed by atoms with van der Waals surface area (Å²) in [5, 5.41) is 12.5. The van der Waals surface area contributed by atoms with Gasteiger partial charge in [-0.25, -0.2) is 19.2 Å². The fraction of sp³-hybridized carbons (Fsp3) is 0.263. The van der Waals surface area contributed by atoms with Crippen LogP contribution >= 0.6 is 11.6 Å². The summed E-state index contributed by atoms with van der Waals surface area (Å²) < 4.78 is 30.5. The number of amides is 1. The van der Waals surface area contributed by atoms with Gasteiger partial charge in [-0.2, -0.15) is 0 Å². The number of fused-ring (bicyclic) bond motifs is 1. The van der Waals surface area contributed by atoms with Gasteiger partial charge in [-0.3, -0.25) is 9.63 Å². The molecular formula is C19H19ClF2N4O3. The number of rotatable bonds is 7. The highest BCUT2D eigenvalue weighted by Gasteiger charge is 2.22. The number of carbonyl (C=O) groups is 1. The summed E-state index contributed by atoms with van der Waals surface area (Å²) in [6.07, 6.45) is 3.37. The van der Waals surface area contributed by atoms with Crippen LogP contribution in [0.2, 0.25) is 5.02 Å². The van der Waals surface area contributed by atoms with Crippen LogP contribution in [-0.2, 0) is 4.84 Å². The number of hydrogen-bond donors (Lipinski definition) is 3. The van der Waals surface area contributed by atoms with Crippen LogP contribution < -0.4 is 10.8 Å². The van der Waals surface area contributed by atoms with Crippen molar-refractivity contribution in [2.45, 2.75) is 20.0 Å². The smallest absolute Gasteiger partial charge is 0.278 e. The van der Waals surface area contributed by atoms with E-state index in [0.717, 1.165) is 6.07 Å². The summed E-state index contributed by atoms with van der Waals surface area (Å²) in [7, 11) is 0. The highest BCUT2D eigenvalue weighted by molar-refractivity contribution is 6.30. The lowest BCUT2D eigenvalue weighted by atomic mass is 10.1. The molecule has 3 rings (SSSR count). The molecule has 3 aromatic rings. The lowest BCUT2D eigenvalue weighted by Crippen LogP contribution is -2.31. The van der Waals surface area contributed by atoms with E-state index in [1.54, 1.807) is 13.8 Å². The number of aliphatic hydroxyl groups excluding tert-OH is 1. The van der Waals surface area contributed by atoms with Crippen LogP contribution in [0.15, 0.2) is 36.8 Å². The fourth-order valence-corrected chi connectivity index (χ4v) is 2.64. The average Bonchev–Trinajstić information content (AvgIpc) is 3.14. The Hall–Kier alpha value is -2.75. The van der Waals surface area contributed by atoms with Crippen molar-refractivity contribution in [1.29, 1.82) is 0 Å². The van der Waals surface area contributed by atoms with Crippen molar-refractivity contribution in [1.82, 2.24) is 14.9 Å². The average molecular weight is 425 g/mol. The molecule has 0 spiro atoms. The molecular weight excluding hydrogens is 406 g/mol. The largest absolute Gasteiger partial charge is 0.390 e. The van der Waals surface area contributed by atoms with E-state index in [0.29, 0.717) is 0 Å². The third-order valence-electron chi connectivity index (χ3n) is 4.25. The standard InChI is InChI=1S/C19H19ClF2N4O3/c1-10(2)15(27)9-29-25-19(28)12-8-26-6-5-23-18(26)16(22)17(12)24-14-4-3-11(20)7-13(14)21/h3-8,10,15,24,27H,9H2,1-2H3,(H,25,28). The van der Waals surface area contributed by atoms with Crippen molar-refractivity contribution in [3.63, 3.8) is 0 Å². The molecule has 0 aliphatic heterocycles. The summed E-state index contributed by atoms with van der Waals surface area (Å²) in [5.41, 5.74) is 1.61. The molecule has 3 N–H and O–H groups in total. The molecule has 154 valence electrons. The molecule has 0 saturated carbocycles. The van der Waals surface area contributed by atoms with Gasteiger partial charge in [0.1, 0.15) is 12.4 Å². The quantitative estimate of drug-likeness (QED) is 0.503. The Labute approximate surface area is 170 Å². The maximum atomic E-state index is 15.0. The molecule has 1 amide bonds. The Bertz CT molecular complexity index is 1040. The van der Waals surface area contributed by atoms with Crippen molar-refractivity contribution >= 4 is 34.5 Å². The van der Waals surface area contributed by atoms with Gasteiger partial charge in [0, 0.05) is 23.6 Å². The molecule has 0 radical (unpaired) electrons. The van der Waals surface area contributed by atoms with E-state index < -0.39 is 23.6 Å². The number of carbonyl (C=O) groups excluding carboxylic acids is 1. The van der Waals surface area contributed by atoms with Crippen LogP contribution in [0.4, 0.5) is 20.2 Å². The van der Waals surface area contributed by atoms with Gasteiger partial charge in [0.2, 0.25) is 0 Å². The molecule has 0 aliphatic rings. The minimum atomic E-state index is -0.848. The van der Waals surface area contributed by atoms with Gasteiger partial charge < -0.3 is 14.8 Å². The van der Waals surface area contributed by atoms with E-state index in [4.69, 9.17) is 16.4 Å². The monoisotopic (exact) mass is 424 g/mol. The number of aromatic nitrogens is 2. The number of hydroxylamine groups is 1. The van der Waals surface area contributed by atoms with Crippen LogP contribution in [-0.4, -0.2) is 33.1 Å². The second-order valence-corrected chi connectivity index (χ2v) is 7.13. The number of imidazole rings is 1. The summed E-state index contributed by atoms with van der Waals surface area (Å²) in [6, 6.07) is 3.81. The Balaban J connectivity index is 1.92. The molecule has 1 atom stereocenters. The van der Waals surface area contributed by atoms with Crippen LogP contribution in [0.1, 0.15) is 24.2 Å².